The molecule has 7 heteroatoms. The van der Waals surface area contributed by atoms with Gasteiger partial charge in [-0.2, -0.15) is 9.50 Å². The maximum Gasteiger partial charge on any atom is 0.254 e. The Hall–Kier alpha value is -3.48. The molecule has 7 nitrogen and oxygen atoms in total. The summed E-state index contributed by atoms with van der Waals surface area (Å²) in [4.78, 5) is 13.4. The van der Waals surface area contributed by atoms with Crippen LogP contribution in [0.1, 0.15) is 25.5 Å². The average Bonchev–Trinajstić information content (AvgIpc) is 3.14. The number of methoxy groups -OCH3 is 1. The first-order valence-corrected chi connectivity index (χ1v) is 8.73. The third-order valence-corrected chi connectivity index (χ3v) is 4.21. The number of hydrogen-bond donors (Lipinski definition) is 1. The fourth-order valence-electron chi connectivity index (χ4n) is 2.71. The Labute approximate surface area is 157 Å². The normalized spacial score (nSPS) is 11.1. The van der Waals surface area contributed by atoms with Crippen molar-refractivity contribution in [1.82, 2.24) is 24.6 Å². The number of hydrogen-bond acceptors (Lipinski definition) is 6. The highest BCUT2D eigenvalue weighted by Gasteiger charge is 2.14. The first-order chi connectivity index (χ1) is 13.1. The summed E-state index contributed by atoms with van der Waals surface area (Å²) in [5, 5.41) is 8.04. The molecule has 1 N–H and O–H groups in total. The topological polar surface area (TPSA) is 77.2 Å². The predicted molar refractivity (Wildman–Crippen MR) is 104 cm³/mol. The molecule has 1 aromatic carbocycles. The van der Waals surface area contributed by atoms with Gasteiger partial charge in [0.25, 0.3) is 5.78 Å². The number of ether oxygens (including phenoxy) is 1. The van der Waals surface area contributed by atoms with Crippen LogP contribution in [0.5, 0.6) is 5.75 Å². The summed E-state index contributed by atoms with van der Waals surface area (Å²) in [6, 6.07) is 13.5. The lowest BCUT2D eigenvalue weighted by Crippen LogP contribution is -2.05. The molecule has 0 bridgehead atoms. The van der Waals surface area contributed by atoms with Gasteiger partial charge in [-0.1, -0.05) is 13.8 Å². The van der Waals surface area contributed by atoms with Gasteiger partial charge < -0.3 is 10.1 Å². The molecule has 3 aromatic heterocycles. The average molecular weight is 360 g/mol. The first kappa shape index (κ1) is 17.0. The summed E-state index contributed by atoms with van der Waals surface area (Å²) in [6.45, 7) is 4.21. The molecule has 3 heterocycles. The first-order valence-electron chi connectivity index (χ1n) is 8.73. The molecule has 0 amide bonds. The Morgan fingerprint density at radius 1 is 1.07 bits per heavy atom. The molecule has 0 unspecified atom stereocenters. The van der Waals surface area contributed by atoms with Gasteiger partial charge >= 0.3 is 0 Å². The number of pyridine rings is 1. The Bertz CT molecular complexity index is 1060. The van der Waals surface area contributed by atoms with E-state index in [-0.39, 0.29) is 5.92 Å². The maximum absolute atomic E-state index is 5.22. The van der Waals surface area contributed by atoms with Crippen molar-refractivity contribution in [3.05, 3.63) is 60.6 Å². The summed E-state index contributed by atoms with van der Waals surface area (Å²) in [5.41, 5.74) is 2.73. The molecule has 0 aliphatic rings. The van der Waals surface area contributed by atoms with E-state index in [4.69, 9.17) is 4.74 Å². The van der Waals surface area contributed by atoms with Crippen molar-refractivity contribution in [2.24, 2.45) is 0 Å². The van der Waals surface area contributed by atoms with Crippen LogP contribution in [0.25, 0.3) is 17.2 Å². The maximum atomic E-state index is 5.22. The zero-order valence-electron chi connectivity index (χ0n) is 15.4. The van der Waals surface area contributed by atoms with Gasteiger partial charge in [-0.3, -0.25) is 4.98 Å². The lowest BCUT2D eigenvalue weighted by Gasteiger charge is -2.11. The van der Waals surface area contributed by atoms with Crippen LogP contribution in [0.15, 0.2) is 54.9 Å². The van der Waals surface area contributed by atoms with Gasteiger partial charge in [0, 0.05) is 29.7 Å². The fourth-order valence-corrected chi connectivity index (χ4v) is 2.71. The summed E-state index contributed by atoms with van der Waals surface area (Å²) >= 11 is 0. The van der Waals surface area contributed by atoms with Crippen LogP contribution in [0.3, 0.4) is 0 Å². The van der Waals surface area contributed by atoms with E-state index in [2.05, 4.69) is 39.2 Å². The van der Waals surface area contributed by atoms with Gasteiger partial charge in [0.15, 0.2) is 5.82 Å². The minimum atomic E-state index is 0.268. The summed E-state index contributed by atoms with van der Waals surface area (Å²) in [5.74, 6) is 3.02. The standard InChI is InChI=1S/C20H20N6O/c1-13(2)17-11-18(22-15-6-8-16(27-3)9-7-15)26-20(23-17)24-19(25-26)14-5-4-10-21-12-14/h4-13,22H,1-3H3. The van der Waals surface area contributed by atoms with Crippen molar-refractivity contribution in [1.29, 1.82) is 0 Å². The summed E-state index contributed by atoms with van der Waals surface area (Å²) < 4.78 is 6.94. The second kappa shape index (κ2) is 7.03. The van der Waals surface area contributed by atoms with Crippen molar-refractivity contribution in [3.63, 3.8) is 0 Å². The Balaban J connectivity index is 1.80. The van der Waals surface area contributed by atoms with Gasteiger partial charge in [0.05, 0.1) is 12.8 Å². The predicted octanol–water partition coefficient (Wildman–Crippen LogP) is 4.06. The largest absolute Gasteiger partial charge is 0.497 e. The summed E-state index contributed by atoms with van der Waals surface area (Å²) in [7, 11) is 1.65. The highest BCUT2D eigenvalue weighted by atomic mass is 16.5. The minimum absolute atomic E-state index is 0.268. The van der Waals surface area contributed by atoms with E-state index in [1.807, 2.05) is 42.5 Å². The van der Waals surface area contributed by atoms with E-state index in [1.54, 1.807) is 24.0 Å². The van der Waals surface area contributed by atoms with E-state index in [9.17, 15) is 0 Å². The number of benzene rings is 1. The Morgan fingerprint density at radius 2 is 1.89 bits per heavy atom. The van der Waals surface area contributed by atoms with Crippen molar-refractivity contribution >= 4 is 17.3 Å². The Morgan fingerprint density at radius 3 is 2.56 bits per heavy atom. The van der Waals surface area contributed by atoms with Crippen molar-refractivity contribution in [2.45, 2.75) is 19.8 Å². The fraction of sp³-hybridized carbons (Fsp3) is 0.200. The molecule has 27 heavy (non-hydrogen) atoms. The van der Waals surface area contributed by atoms with Crippen molar-refractivity contribution < 1.29 is 4.74 Å². The van der Waals surface area contributed by atoms with Crippen LogP contribution in [0.4, 0.5) is 11.5 Å². The zero-order valence-corrected chi connectivity index (χ0v) is 15.4. The Kier molecular flexibility index (Phi) is 4.42. The molecule has 0 saturated heterocycles. The molecule has 4 aromatic rings. The number of nitrogens with zero attached hydrogens (tertiary/aromatic N) is 5. The third-order valence-electron chi connectivity index (χ3n) is 4.21. The van der Waals surface area contributed by atoms with Crippen LogP contribution < -0.4 is 10.1 Å². The molecule has 0 aliphatic carbocycles. The smallest absolute Gasteiger partial charge is 0.254 e. The molecule has 0 fully saturated rings. The molecule has 0 saturated carbocycles. The molecule has 136 valence electrons. The van der Waals surface area contributed by atoms with E-state index < -0.39 is 0 Å². The van der Waals surface area contributed by atoms with E-state index in [1.165, 1.54) is 0 Å². The van der Waals surface area contributed by atoms with Gasteiger partial charge in [-0.15, -0.1) is 5.10 Å². The van der Waals surface area contributed by atoms with Gasteiger partial charge in [-0.05, 0) is 42.3 Å². The van der Waals surface area contributed by atoms with Crippen LogP contribution in [-0.2, 0) is 0 Å². The molecular formula is C20H20N6O. The zero-order chi connectivity index (χ0) is 18.8. The third kappa shape index (κ3) is 3.44. The van der Waals surface area contributed by atoms with E-state index in [0.717, 1.165) is 28.5 Å². The molecule has 0 aliphatic heterocycles. The lowest BCUT2D eigenvalue weighted by molar-refractivity contribution is 0.415. The minimum Gasteiger partial charge on any atom is -0.497 e. The van der Waals surface area contributed by atoms with Crippen LogP contribution in [-0.4, -0.2) is 31.7 Å². The highest BCUT2D eigenvalue weighted by Crippen LogP contribution is 2.24. The number of fused-ring (bicyclic) bond motifs is 1. The van der Waals surface area contributed by atoms with E-state index >= 15 is 0 Å². The molecular weight excluding hydrogens is 340 g/mol. The molecule has 0 atom stereocenters. The highest BCUT2D eigenvalue weighted by molar-refractivity contribution is 5.62. The second-order valence-electron chi connectivity index (χ2n) is 6.46. The van der Waals surface area contributed by atoms with Crippen molar-refractivity contribution in [2.75, 3.05) is 12.4 Å². The van der Waals surface area contributed by atoms with Gasteiger partial charge in [0.2, 0.25) is 0 Å². The van der Waals surface area contributed by atoms with Crippen LogP contribution in [0, 0.1) is 0 Å². The number of rotatable bonds is 5. The second-order valence-corrected chi connectivity index (χ2v) is 6.46. The van der Waals surface area contributed by atoms with Gasteiger partial charge in [-0.25, -0.2) is 4.98 Å². The van der Waals surface area contributed by atoms with Gasteiger partial charge in [0.1, 0.15) is 11.6 Å². The van der Waals surface area contributed by atoms with E-state index in [0.29, 0.717) is 11.6 Å². The molecule has 0 spiro atoms. The SMILES string of the molecule is COc1ccc(Nc2cc(C(C)C)nc3nc(-c4cccnc4)nn23)cc1. The lowest BCUT2D eigenvalue weighted by atomic mass is 10.1. The number of nitrogens with one attached hydrogen (secondary N) is 1. The number of anilines is 2. The quantitative estimate of drug-likeness (QED) is 0.578. The number of aromatic nitrogens is 5. The van der Waals surface area contributed by atoms with Crippen molar-refractivity contribution in [3.8, 4) is 17.1 Å². The van der Waals surface area contributed by atoms with Crippen LogP contribution >= 0.6 is 0 Å². The molecule has 4 rings (SSSR count). The van der Waals surface area contributed by atoms with Crippen LogP contribution in [0.2, 0.25) is 0 Å². The monoisotopic (exact) mass is 360 g/mol. The summed E-state index contributed by atoms with van der Waals surface area (Å²) in [6.07, 6.45) is 3.47. The molecule has 0 radical (unpaired) electrons.